The molecule has 1 heterocycles. The fraction of sp³-hybridized carbons (Fsp3) is 0.654. The molecule has 5 fully saturated rings. The van der Waals surface area contributed by atoms with Crippen molar-refractivity contribution in [1.29, 1.82) is 0 Å². The first kappa shape index (κ1) is 21.5. The monoisotopic (exact) mass is 438 g/mol. The van der Waals surface area contributed by atoms with E-state index in [1.165, 1.54) is 26.2 Å². The van der Waals surface area contributed by atoms with E-state index in [1.807, 2.05) is 4.90 Å². The maximum atomic E-state index is 13.2. The van der Waals surface area contributed by atoms with Crippen molar-refractivity contribution in [3.8, 4) is 5.75 Å². The van der Waals surface area contributed by atoms with Gasteiger partial charge in [-0.1, -0.05) is 6.07 Å². The van der Waals surface area contributed by atoms with Crippen LogP contribution >= 0.6 is 0 Å². The Labute approximate surface area is 190 Å². The van der Waals surface area contributed by atoms with Crippen LogP contribution in [0.1, 0.15) is 68.6 Å². The zero-order valence-electron chi connectivity index (χ0n) is 19.0. The van der Waals surface area contributed by atoms with Gasteiger partial charge in [-0.25, -0.2) is 0 Å². The minimum Gasteiger partial charge on any atom is -0.427 e. The number of carbonyl (C=O) groups excluding carboxylic acids is 3. The van der Waals surface area contributed by atoms with Crippen molar-refractivity contribution in [3.05, 3.63) is 29.8 Å². The van der Waals surface area contributed by atoms with Gasteiger partial charge in [0.05, 0.1) is 0 Å². The van der Waals surface area contributed by atoms with Crippen LogP contribution in [0.2, 0.25) is 0 Å². The fourth-order valence-electron chi connectivity index (χ4n) is 7.19. The molecule has 2 amide bonds. The number of hydrogen-bond acceptors (Lipinski definition) is 4. The highest BCUT2D eigenvalue weighted by Gasteiger charge is 2.54. The van der Waals surface area contributed by atoms with E-state index < -0.39 is 5.97 Å². The second-order valence-electron chi connectivity index (χ2n) is 10.8. The number of piperidine rings is 1. The summed E-state index contributed by atoms with van der Waals surface area (Å²) in [5.74, 6) is 3.02. The quantitative estimate of drug-likeness (QED) is 0.561. The van der Waals surface area contributed by atoms with Gasteiger partial charge in [0.25, 0.3) is 5.91 Å². The molecule has 4 bridgehead atoms. The first-order valence-electron chi connectivity index (χ1n) is 12.3. The summed E-state index contributed by atoms with van der Waals surface area (Å²) in [7, 11) is 0. The van der Waals surface area contributed by atoms with Gasteiger partial charge in [-0.05, 0) is 93.2 Å². The number of hydrogen-bond donors (Lipinski definition) is 1. The highest BCUT2D eigenvalue weighted by atomic mass is 16.5. The molecule has 6 rings (SSSR count). The molecule has 0 atom stereocenters. The molecule has 0 aromatic heterocycles. The first-order chi connectivity index (χ1) is 15.4. The Morgan fingerprint density at radius 3 is 2.25 bits per heavy atom. The average Bonchev–Trinajstić information content (AvgIpc) is 2.76. The molecule has 1 aliphatic heterocycles. The summed E-state index contributed by atoms with van der Waals surface area (Å²) in [6.45, 7) is 3.45. The third-order valence-electron chi connectivity index (χ3n) is 8.32. The van der Waals surface area contributed by atoms with E-state index in [2.05, 4.69) is 5.32 Å². The summed E-state index contributed by atoms with van der Waals surface area (Å²) in [5, 5.41) is 3.32. The van der Waals surface area contributed by atoms with Gasteiger partial charge in [0.1, 0.15) is 5.75 Å². The smallest absolute Gasteiger partial charge is 0.308 e. The van der Waals surface area contributed by atoms with E-state index in [9.17, 15) is 14.4 Å². The summed E-state index contributed by atoms with van der Waals surface area (Å²) in [6.07, 6.45) is 9.15. The van der Waals surface area contributed by atoms with E-state index in [4.69, 9.17) is 4.74 Å². The Hall–Kier alpha value is -2.37. The first-order valence-corrected chi connectivity index (χ1v) is 12.3. The zero-order chi connectivity index (χ0) is 22.3. The van der Waals surface area contributed by atoms with Crippen LogP contribution in [0.5, 0.6) is 5.75 Å². The van der Waals surface area contributed by atoms with Gasteiger partial charge in [0.15, 0.2) is 0 Å². The molecule has 32 heavy (non-hydrogen) atoms. The maximum absolute atomic E-state index is 13.2. The van der Waals surface area contributed by atoms with E-state index in [0.717, 1.165) is 56.4 Å². The highest BCUT2D eigenvalue weighted by Crippen LogP contribution is 2.60. The lowest BCUT2D eigenvalue weighted by molar-refractivity contribution is -0.146. The number of likely N-dealkylation sites (tertiary alicyclic amines) is 1. The van der Waals surface area contributed by atoms with Gasteiger partial charge in [-0.15, -0.1) is 0 Å². The van der Waals surface area contributed by atoms with Crippen LogP contribution in [0.4, 0.5) is 0 Å². The molecule has 172 valence electrons. The minimum atomic E-state index is -0.397. The molecule has 0 radical (unpaired) electrons. The van der Waals surface area contributed by atoms with Crippen molar-refractivity contribution < 1.29 is 19.1 Å². The molecular formula is C26H34N2O4. The Morgan fingerprint density at radius 1 is 1.03 bits per heavy atom. The number of amides is 2. The zero-order valence-corrected chi connectivity index (χ0v) is 19.0. The molecule has 1 aromatic rings. The summed E-state index contributed by atoms with van der Waals surface area (Å²) >= 11 is 0. The predicted octanol–water partition coefficient (Wildman–Crippen LogP) is 3.80. The average molecular weight is 439 g/mol. The van der Waals surface area contributed by atoms with Gasteiger partial charge in [0, 0.05) is 37.5 Å². The van der Waals surface area contributed by atoms with E-state index >= 15 is 0 Å². The van der Waals surface area contributed by atoms with Crippen LogP contribution in [0.25, 0.3) is 0 Å². The predicted molar refractivity (Wildman–Crippen MR) is 120 cm³/mol. The standard InChI is InChI=1S/C26H34N2O4/c1-17(29)32-23-4-2-3-22(12-23)24(30)28-7-5-18(6-8-28)16-27-25(31)26-13-19-9-20(14-26)11-21(10-19)15-26/h2-4,12,18-21H,5-11,13-16H2,1H3,(H,27,31). The van der Waals surface area contributed by atoms with Crippen molar-refractivity contribution in [2.45, 2.75) is 58.3 Å². The molecule has 6 heteroatoms. The van der Waals surface area contributed by atoms with Gasteiger partial charge in [-0.2, -0.15) is 0 Å². The van der Waals surface area contributed by atoms with Crippen molar-refractivity contribution in [2.75, 3.05) is 19.6 Å². The number of nitrogens with one attached hydrogen (secondary N) is 1. The molecule has 1 aromatic carbocycles. The van der Waals surface area contributed by atoms with Crippen molar-refractivity contribution >= 4 is 17.8 Å². The normalized spacial score (nSPS) is 31.4. The third-order valence-corrected chi connectivity index (χ3v) is 8.32. The lowest BCUT2D eigenvalue weighted by atomic mass is 9.49. The van der Waals surface area contributed by atoms with Crippen LogP contribution < -0.4 is 10.1 Å². The van der Waals surface area contributed by atoms with Crippen LogP contribution in [0.15, 0.2) is 24.3 Å². The summed E-state index contributed by atoms with van der Waals surface area (Å²) in [4.78, 5) is 39.1. The summed E-state index contributed by atoms with van der Waals surface area (Å²) in [5.41, 5.74) is 0.454. The van der Waals surface area contributed by atoms with Crippen molar-refractivity contribution in [3.63, 3.8) is 0 Å². The van der Waals surface area contributed by atoms with Crippen molar-refractivity contribution in [2.24, 2.45) is 29.1 Å². The SMILES string of the molecule is CC(=O)Oc1cccc(C(=O)N2CCC(CNC(=O)C34CC5CC(CC(C5)C3)C4)CC2)c1. The largest absolute Gasteiger partial charge is 0.427 e. The molecule has 0 spiro atoms. The second kappa shape index (κ2) is 8.53. The Morgan fingerprint density at radius 2 is 1.66 bits per heavy atom. The Bertz CT molecular complexity index is 868. The van der Waals surface area contributed by atoms with Gasteiger partial charge < -0.3 is 15.0 Å². The second-order valence-corrected chi connectivity index (χ2v) is 10.8. The number of ether oxygens (including phenoxy) is 1. The molecule has 0 unspecified atom stereocenters. The van der Waals surface area contributed by atoms with Crippen LogP contribution in [0.3, 0.4) is 0 Å². The maximum Gasteiger partial charge on any atom is 0.308 e. The van der Waals surface area contributed by atoms with E-state index in [-0.39, 0.29) is 11.3 Å². The Balaban J connectivity index is 1.11. The fourth-order valence-corrected chi connectivity index (χ4v) is 7.19. The lowest BCUT2D eigenvalue weighted by Crippen LogP contribution is -2.54. The molecule has 4 aliphatic carbocycles. The highest BCUT2D eigenvalue weighted by molar-refractivity contribution is 5.94. The van der Waals surface area contributed by atoms with Crippen molar-refractivity contribution in [1.82, 2.24) is 10.2 Å². The number of benzene rings is 1. The number of rotatable bonds is 5. The topological polar surface area (TPSA) is 75.7 Å². The number of esters is 1. The molecule has 6 nitrogen and oxygen atoms in total. The van der Waals surface area contributed by atoms with Crippen LogP contribution in [-0.2, 0) is 9.59 Å². The number of nitrogens with zero attached hydrogens (tertiary/aromatic N) is 1. The van der Waals surface area contributed by atoms with E-state index in [1.54, 1.807) is 24.3 Å². The Kier molecular flexibility index (Phi) is 5.72. The molecule has 1 saturated heterocycles. The molecule has 1 N–H and O–H groups in total. The summed E-state index contributed by atoms with van der Waals surface area (Å²) < 4.78 is 5.10. The summed E-state index contributed by atoms with van der Waals surface area (Å²) in [6, 6.07) is 6.80. The molecule has 4 saturated carbocycles. The third kappa shape index (κ3) is 4.28. The van der Waals surface area contributed by atoms with Gasteiger partial charge in [0.2, 0.25) is 5.91 Å². The lowest BCUT2D eigenvalue weighted by Gasteiger charge is -2.55. The van der Waals surface area contributed by atoms with Crippen LogP contribution in [-0.4, -0.2) is 42.3 Å². The van der Waals surface area contributed by atoms with E-state index in [0.29, 0.717) is 36.2 Å². The van der Waals surface area contributed by atoms with Gasteiger partial charge >= 0.3 is 5.97 Å². The molecular weight excluding hydrogens is 404 g/mol. The van der Waals surface area contributed by atoms with Crippen LogP contribution in [0, 0.1) is 29.1 Å². The molecule has 5 aliphatic rings. The number of carbonyl (C=O) groups is 3. The minimum absolute atomic E-state index is 0.0324. The van der Waals surface area contributed by atoms with Gasteiger partial charge in [-0.3, -0.25) is 14.4 Å².